The fraction of sp³-hybridized carbons (Fsp3) is 0.333. The summed E-state index contributed by atoms with van der Waals surface area (Å²) >= 11 is 0. The molecular formula is C24H21F4N5O2. The van der Waals surface area contributed by atoms with Crippen molar-refractivity contribution in [2.24, 2.45) is 18.9 Å². The van der Waals surface area contributed by atoms with Gasteiger partial charge in [0.1, 0.15) is 0 Å². The number of alkyl halides is 3. The SMILES string of the molecule is CN(c1nc(-c2ccncc2F)cc(=O)n1C)[C@@H]1[C@@H]2CN(C(=O)c3cccc(C(F)(F)F)c3)C[C@@H]21. The van der Waals surface area contributed by atoms with E-state index in [-0.39, 0.29) is 40.3 Å². The number of carbonyl (C=O) groups excluding carboxylic acids is 1. The molecule has 1 aliphatic carbocycles. The number of halogens is 4. The molecule has 1 saturated carbocycles. The Kier molecular flexibility index (Phi) is 5.37. The topological polar surface area (TPSA) is 71.3 Å². The molecule has 1 aliphatic heterocycles. The molecule has 3 aromatic rings. The summed E-state index contributed by atoms with van der Waals surface area (Å²) < 4.78 is 54.6. The maximum absolute atomic E-state index is 14.2. The summed E-state index contributed by atoms with van der Waals surface area (Å²) in [4.78, 5) is 37.0. The lowest BCUT2D eigenvalue weighted by Crippen LogP contribution is -2.38. The number of amides is 1. The Morgan fingerprint density at radius 3 is 2.51 bits per heavy atom. The second-order valence-electron chi connectivity index (χ2n) is 8.91. The van der Waals surface area contributed by atoms with E-state index in [0.717, 1.165) is 18.3 Å². The normalized spacial score (nSPS) is 21.1. The van der Waals surface area contributed by atoms with Crippen molar-refractivity contribution in [1.82, 2.24) is 19.4 Å². The Labute approximate surface area is 197 Å². The van der Waals surface area contributed by atoms with Gasteiger partial charge in [-0.15, -0.1) is 0 Å². The van der Waals surface area contributed by atoms with Gasteiger partial charge in [-0.3, -0.25) is 19.1 Å². The van der Waals surface area contributed by atoms with Gasteiger partial charge in [0, 0.05) is 68.5 Å². The third kappa shape index (κ3) is 4.04. The van der Waals surface area contributed by atoms with Gasteiger partial charge >= 0.3 is 6.18 Å². The van der Waals surface area contributed by atoms with Gasteiger partial charge in [-0.25, -0.2) is 9.37 Å². The highest BCUT2D eigenvalue weighted by Gasteiger charge is 2.59. The summed E-state index contributed by atoms with van der Waals surface area (Å²) in [6.07, 6.45) is -2.05. The molecule has 0 bridgehead atoms. The summed E-state index contributed by atoms with van der Waals surface area (Å²) in [6.45, 7) is 0.781. The van der Waals surface area contributed by atoms with Crippen molar-refractivity contribution in [2.75, 3.05) is 25.0 Å². The van der Waals surface area contributed by atoms with Crippen molar-refractivity contribution in [2.45, 2.75) is 12.2 Å². The molecule has 3 heterocycles. The molecule has 2 aliphatic rings. The van der Waals surface area contributed by atoms with Gasteiger partial charge in [0.25, 0.3) is 11.5 Å². The molecule has 0 radical (unpaired) electrons. The molecule has 1 saturated heterocycles. The maximum Gasteiger partial charge on any atom is 0.416 e. The highest BCUT2D eigenvalue weighted by molar-refractivity contribution is 5.94. The second kappa shape index (κ2) is 8.17. The van der Waals surface area contributed by atoms with Crippen LogP contribution < -0.4 is 10.5 Å². The first-order valence-electron chi connectivity index (χ1n) is 10.9. The van der Waals surface area contributed by atoms with E-state index in [1.165, 1.54) is 35.0 Å². The molecule has 7 nitrogen and oxygen atoms in total. The highest BCUT2D eigenvalue weighted by Crippen LogP contribution is 2.49. The fourth-order valence-corrected chi connectivity index (χ4v) is 4.94. The summed E-state index contributed by atoms with van der Waals surface area (Å²) in [5.74, 6) is -0.487. The number of benzene rings is 1. The molecule has 182 valence electrons. The van der Waals surface area contributed by atoms with Gasteiger partial charge in [-0.1, -0.05) is 6.07 Å². The molecule has 0 unspecified atom stereocenters. The van der Waals surface area contributed by atoms with Gasteiger partial charge in [0.15, 0.2) is 5.82 Å². The van der Waals surface area contributed by atoms with Gasteiger partial charge in [0.2, 0.25) is 5.95 Å². The van der Waals surface area contributed by atoms with Crippen LogP contribution in [0.1, 0.15) is 15.9 Å². The predicted octanol–water partition coefficient (Wildman–Crippen LogP) is 3.21. The van der Waals surface area contributed by atoms with Gasteiger partial charge in [0.05, 0.1) is 17.5 Å². The Bertz CT molecular complexity index is 1360. The fourth-order valence-electron chi connectivity index (χ4n) is 4.94. The zero-order valence-corrected chi connectivity index (χ0v) is 18.8. The summed E-state index contributed by atoms with van der Waals surface area (Å²) in [5, 5.41) is 0. The van der Waals surface area contributed by atoms with E-state index in [1.807, 2.05) is 4.90 Å². The lowest BCUT2D eigenvalue weighted by molar-refractivity contribution is -0.137. The number of anilines is 1. The van der Waals surface area contributed by atoms with Crippen LogP contribution in [0.25, 0.3) is 11.3 Å². The van der Waals surface area contributed by atoms with Crippen molar-refractivity contribution in [3.8, 4) is 11.3 Å². The minimum Gasteiger partial charge on any atom is -0.342 e. The number of hydrogen-bond acceptors (Lipinski definition) is 5. The Hall–Kier alpha value is -3.76. The van der Waals surface area contributed by atoms with Crippen LogP contribution >= 0.6 is 0 Å². The molecule has 5 rings (SSSR count). The van der Waals surface area contributed by atoms with Crippen molar-refractivity contribution in [1.29, 1.82) is 0 Å². The van der Waals surface area contributed by atoms with Crippen LogP contribution in [0.3, 0.4) is 0 Å². The molecular weight excluding hydrogens is 466 g/mol. The summed E-state index contributed by atoms with van der Waals surface area (Å²) in [7, 11) is 3.37. The highest BCUT2D eigenvalue weighted by atomic mass is 19.4. The van der Waals surface area contributed by atoms with E-state index < -0.39 is 23.5 Å². The molecule has 2 fully saturated rings. The standard InChI is InChI=1S/C24H21F4N5O2/c1-31-20(34)9-19(15-6-7-29-10-18(15)25)30-23(31)32(2)21-16-11-33(12-17(16)21)22(35)13-4-3-5-14(8-13)24(26,27)28/h3-10,16-17,21H,11-12H2,1-2H3/t16-,17+,21-. The van der Waals surface area contributed by atoms with Crippen molar-refractivity contribution in [3.63, 3.8) is 0 Å². The third-order valence-electron chi connectivity index (χ3n) is 6.80. The van der Waals surface area contributed by atoms with Crippen molar-refractivity contribution in [3.05, 3.63) is 76.1 Å². The molecule has 0 spiro atoms. The number of likely N-dealkylation sites (tertiary alicyclic amines) is 1. The number of aromatic nitrogens is 3. The maximum atomic E-state index is 14.2. The number of fused-ring (bicyclic) bond motifs is 1. The minimum atomic E-state index is -4.52. The van der Waals surface area contributed by atoms with Crippen molar-refractivity contribution < 1.29 is 22.4 Å². The predicted molar refractivity (Wildman–Crippen MR) is 119 cm³/mol. The van der Waals surface area contributed by atoms with E-state index in [0.29, 0.717) is 19.0 Å². The average Bonchev–Trinajstić information content (AvgIpc) is 3.32. The number of hydrogen-bond donors (Lipinski definition) is 0. The van der Waals surface area contributed by atoms with E-state index in [9.17, 15) is 27.2 Å². The first-order valence-corrected chi connectivity index (χ1v) is 10.9. The van der Waals surface area contributed by atoms with E-state index in [4.69, 9.17) is 0 Å². The molecule has 1 amide bonds. The van der Waals surface area contributed by atoms with Crippen LogP contribution in [0.5, 0.6) is 0 Å². The number of pyridine rings is 1. The number of rotatable bonds is 4. The van der Waals surface area contributed by atoms with Crippen LogP contribution in [0.2, 0.25) is 0 Å². The molecule has 1 aromatic carbocycles. The minimum absolute atomic E-state index is 0.00201. The van der Waals surface area contributed by atoms with Gasteiger partial charge < -0.3 is 9.80 Å². The van der Waals surface area contributed by atoms with Crippen LogP contribution in [0.4, 0.5) is 23.5 Å². The number of nitrogens with zero attached hydrogens (tertiary/aromatic N) is 5. The summed E-state index contributed by atoms with van der Waals surface area (Å²) in [6, 6.07) is 7.13. The monoisotopic (exact) mass is 487 g/mol. The third-order valence-corrected chi connectivity index (χ3v) is 6.80. The van der Waals surface area contributed by atoms with Crippen LogP contribution in [-0.4, -0.2) is 51.5 Å². The molecule has 2 aromatic heterocycles. The zero-order chi connectivity index (χ0) is 25.1. The number of piperidine rings is 1. The van der Waals surface area contributed by atoms with Crippen LogP contribution in [0.15, 0.2) is 53.6 Å². The van der Waals surface area contributed by atoms with E-state index >= 15 is 0 Å². The second-order valence-corrected chi connectivity index (χ2v) is 8.91. The molecule has 0 N–H and O–H groups in total. The van der Waals surface area contributed by atoms with Crippen LogP contribution in [-0.2, 0) is 13.2 Å². The quantitative estimate of drug-likeness (QED) is 0.529. The Balaban J connectivity index is 1.33. The number of carbonyl (C=O) groups is 1. The zero-order valence-electron chi connectivity index (χ0n) is 18.8. The lowest BCUT2D eigenvalue weighted by Gasteiger charge is -2.26. The Morgan fingerprint density at radius 1 is 1.14 bits per heavy atom. The largest absolute Gasteiger partial charge is 0.416 e. The first kappa shape index (κ1) is 23.0. The first-order chi connectivity index (χ1) is 16.6. The van der Waals surface area contributed by atoms with E-state index in [2.05, 4.69) is 9.97 Å². The van der Waals surface area contributed by atoms with Crippen molar-refractivity contribution >= 4 is 11.9 Å². The summed E-state index contributed by atoms with van der Waals surface area (Å²) in [5.41, 5.74) is -0.839. The average molecular weight is 487 g/mol. The van der Waals surface area contributed by atoms with Gasteiger partial charge in [-0.05, 0) is 24.3 Å². The van der Waals surface area contributed by atoms with E-state index in [1.54, 1.807) is 19.0 Å². The molecule has 35 heavy (non-hydrogen) atoms. The Morgan fingerprint density at radius 2 is 1.86 bits per heavy atom. The van der Waals surface area contributed by atoms with Gasteiger partial charge in [-0.2, -0.15) is 13.2 Å². The lowest BCUT2D eigenvalue weighted by atomic mass is 10.1. The molecule has 11 heteroatoms. The molecule has 3 atom stereocenters. The smallest absolute Gasteiger partial charge is 0.342 e. The van der Waals surface area contributed by atoms with Crippen LogP contribution in [0, 0.1) is 17.7 Å².